The van der Waals surface area contributed by atoms with Crippen molar-refractivity contribution in [3.63, 3.8) is 0 Å². The molecule has 0 amide bonds. The topological polar surface area (TPSA) is 74.3 Å². The van der Waals surface area contributed by atoms with Crippen LogP contribution in [0, 0.1) is 0 Å². The molecule has 164 valence electrons. The zero-order chi connectivity index (χ0) is 21.0. The Labute approximate surface area is 177 Å². The van der Waals surface area contributed by atoms with Gasteiger partial charge in [0.05, 0.1) is 19.4 Å². The Hall–Kier alpha value is -1.95. The minimum atomic E-state index is -4.40. The molecule has 0 aliphatic carbocycles. The number of hydrogen-bond donors (Lipinski definition) is 3. The molecule has 2 aliphatic heterocycles. The molecule has 4 heterocycles. The molecule has 2 aromatic rings. The average Bonchev–Trinajstić information content (AvgIpc) is 3.18. The first-order chi connectivity index (χ1) is 14.5. The van der Waals surface area contributed by atoms with Crippen molar-refractivity contribution in [3.05, 3.63) is 28.8 Å². The number of pyridine rings is 1. The van der Waals surface area contributed by atoms with E-state index < -0.39 is 11.1 Å². The lowest BCUT2D eigenvalue weighted by Crippen LogP contribution is -2.38. The van der Waals surface area contributed by atoms with Gasteiger partial charge in [-0.15, -0.1) is 0 Å². The van der Waals surface area contributed by atoms with Gasteiger partial charge in [0.15, 0.2) is 5.13 Å². The Morgan fingerprint density at radius 3 is 2.73 bits per heavy atom. The van der Waals surface area contributed by atoms with E-state index in [0.29, 0.717) is 36.2 Å². The smallest absolute Gasteiger partial charge is 0.379 e. The molecule has 0 spiro atoms. The summed E-state index contributed by atoms with van der Waals surface area (Å²) in [6.45, 7) is 5.71. The van der Waals surface area contributed by atoms with Crippen molar-refractivity contribution < 1.29 is 17.9 Å². The maximum absolute atomic E-state index is 12.9. The van der Waals surface area contributed by atoms with Gasteiger partial charge in [-0.2, -0.15) is 13.2 Å². The van der Waals surface area contributed by atoms with E-state index in [4.69, 9.17) is 4.74 Å². The fraction of sp³-hybridized carbons (Fsp3) is 0.579. The third-order valence-electron chi connectivity index (χ3n) is 5.06. The number of morpholine rings is 1. The van der Waals surface area contributed by atoms with E-state index >= 15 is 0 Å². The number of aromatic nitrogens is 2. The minimum absolute atomic E-state index is 0.170. The van der Waals surface area contributed by atoms with Gasteiger partial charge in [-0.25, -0.2) is 9.97 Å². The molecule has 3 N–H and O–H groups in total. The van der Waals surface area contributed by atoms with Crippen LogP contribution in [0.1, 0.15) is 23.3 Å². The number of nitrogens with one attached hydrogen (secondary N) is 3. The first-order valence-corrected chi connectivity index (χ1v) is 10.9. The van der Waals surface area contributed by atoms with E-state index in [0.717, 1.165) is 57.3 Å². The predicted octanol–water partition coefficient (Wildman–Crippen LogP) is 3.30. The number of rotatable bonds is 6. The molecule has 0 bridgehead atoms. The van der Waals surface area contributed by atoms with E-state index in [1.807, 2.05) is 12.1 Å². The monoisotopic (exact) mass is 442 g/mol. The highest BCUT2D eigenvalue weighted by Gasteiger charge is 2.33. The Morgan fingerprint density at radius 1 is 1.23 bits per heavy atom. The van der Waals surface area contributed by atoms with Crippen molar-refractivity contribution in [2.24, 2.45) is 0 Å². The Kier molecular flexibility index (Phi) is 6.71. The zero-order valence-electron chi connectivity index (χ0n) is 16.5. The van der Waals surface area contributed by atoms with Gasteiger partial charge in [0.2, 0.25) is 0 Å². The summed E-state index contributed by atoms with van der Waals surface area (Å²) >= 11 is 0.573. The molecule has 2 aromatic heterocycles. The van der Waals surface area contributed by atoms with Crippen molar-refractivity contribution >= 4 is 28.1 Å². The van der Waals surface area contributed by atoms with E-state index in [9.17, 15) is 13.2 Å². The summed E-state index contributed by atoms with van der Waals surface area (Å²) in [6.07, 6.45) is -1.41. The number of hydrogen-bond acceptors (Lipinski definition) is 8. The predicted molar refractivity (Wildman–Crippen MR) is 110 cm³/mol. The van der Waals surface area contributed by atoms with Crippen molar-refractivity contribution in [1.29, 1.82) is 0 Å². The van der Waals surface area contributed by atoms with Gasteiger partial charge in [-0.05, 0) is 37.1 Å². The summed E-state index contributed by atoms with van der Waals surface area (Å²) in [5, 5.41) is 9.94. The van der Waals surface area contributed by atoms with Gasteiger partial charge in [-0.1, -0.05) is 11.3 Å². The van der Waals surface area contributed by atoms with Crippen LogP contribution < -0.4 is 16.0 Å². The minimum Gasteiger partial charge on any atom is -0.379 e. The lowest BCUT2D eigenvalue weighted by Gasteiger charge is -2.27. The molecule has 2 aliphatic rings. The van der Waals surface area contributed by atoms with Crippen LogP contribution in [0.5, 0.6) is 0 Å². The summed E-state index contributed by atoms with van der Waals surface area (Å²) in [4.78, 5) is 9.99. The first kappa shape index (κ1) is 21.3. The highest BCUT2D eigenvalue weighted by atomic mass is 32.1. The molecule has 7 nitrogen and oxygen atoms in total. The van der Waals surface area contributed by atoms with Crippen LogP contribution in [-0.2, 0) is 17.5 Å². The van der Waals surface area contributed by atoms with Crippen molar-refractivity contribution in [1.82, 2.24) is 20.2 Å². The molecule has 0 radical (unpaired) electrons. The molecule has 11 heteroatoms. The number of thiazole rings is 1. The molecule has 4 rings (SSSR count). The van der Waals surface area contributed by atoms with Gasteiger partial charge in [0.1, 0.15) is 16.5 Å². The second kappa shape index (κ2) is 9.46. The molecule has 30 heavy (non-hydrogen) atoms. The zero-order valence-corrected chi connectivity index (χ0v) is 17.3. The van der Waals surface area contributed by atoms with Crippen molar-refractivity contribution in [2.75, 3.05) is 50.0 Å². The summed E-state index contributed by atoms with van der Waals surface area (Å²) in [5.41, 5.74) is 1.04. The van der Waals surface area contributed by atoms with E-state index in [2.05, 4.69) is 30.8 Å². The third kappa shape index (κ3) is 5.81. The number of alkyl halides is 3. The normalized spacial score (nSPS) is 20.8. The van der Waals surface area contributed by atoms with E-state index in [-0.39, 0.29) is 11.2 Å². The summed E-state index contributed by atoms with van der Waals surface area (Å²) in [5.74, 6) is 1.19. The van der Waals surface area contributed by atoms with Crippen LogP contribution in [0.25, 0.3) is 0 Å². The summed E-state index contributed by atoms with van der Waals surface area (Å²) < 4.78 is 44.1. The lowest BCUT2D eigenvalue weighted by atomic mass is 10.1. The van der Waals surface area contributed by atoms with E-state index in [1.54, 1.807) is 0 Å². The fourth-order valence-electron chi connectivity index (χ4n) is 3.59. The number of halogens is 3. The lowest BCUT2D eigenvalue weighted by molar-refractivity contribution is -0.134. The molecule has 2 saturated heterocycles. The highest BCUT2D eigenvalue weighted by molar-refractivity contribution is 7.15. The van der Waals surface area contributed by atoms with Crippen LogP contribution in [0.2, 0.25) is 0 Å². The highest BCUT2D eigenvalue weighted by Crippen LogP contribution is 2.36. The number of nitrogens with zero attached hydrogens (tertiary/aromatic N) is 3. The molecule has 2 fully saturated rings. The molecular weight excluding hydrogens is 417 g/mol. The van der Waals surface area contributed by atoms with Crippen molar-refractivity contribution in [2.45, 2.75) is 31.6 Å². The second-order valence-electron chi connectivity index (χ2n) is 7.47. The van der Waals surface area contributed by atoms with Crippen LogP contribution >= 0.6 is 11.3 Å². The van der Waals surface area contributed by atoms with Gasteiger partial charge < -0.3 is 20.7 Å². The van der Waals surface area contributed by atoms with Gasteiger partial charge in [0.25, 0.3) is 0 Å². The van der Waals surface area contributed by atoms with Crippen LogP contribution in [0.4, 0.5) is 29.9 Å². The largest absolute Gasteiger partial charge is 0.427 e. The molecule has 0 aromatic carbocycles. The fourth-order valence-corrected chi connectivity index (χ4v) is 4.28. The van der Waals surface area contributed by atoms with Crippen molar-refractivity contribution in [3.8, 4) is 0 Å². The maximum atomic E-state index is 12.9. The number of anilines is 3. The molecule has 1 atom stereocenters. The van der Waals surface area contributed by atoms with Crippen LogP contribution in [0.3, 0.4) is 0 Å². The molecular formula is C19H25F3N6OS. The Bertz CT molecular complexity index is 796. The maximum Gasteiger partial charge on any atom is 0.427 e. The van der Waals surface area contributed by atoms with Gasteiger partial charge in [-0.3, -0.25) is 4.90 Å². The molecule has 1 unspecified atom stereocenters. The Balaban J connectivity index is 1.53. The number of ether oxygens (including phenoxy) is 1. The summed E-state index contributed by atoms with van der Waals surface area (Å²) in [6, 6.07) is 4.15. The SMILES string of the molecule is FC(F)(F)c1cnc(Nc2cc(CN3CCOCC3)cc(NC3CCCNC3)n2)s1. The Morgan fingerprint density at radius 2 is 2.03 bits per heavy atom. The quantitative estimate of drug-likeness (QED) is 0.634. The van der Waals surface area contributed by atoms with Gasteiger partial charge >= 0.3 is 6.18 Å². The molecule has 0 saturated carbocycles. The number of piperidine rings is 1. The van der Waals surface area contributed by atoms with Crippen LogP contribution in [0.15, 0.2) is 18.3 Å². The summed E-state index contributed by atoms with van der Waals surface area (Å²) in [7, 11) is 0. The standard InChI is InChI=1S/C19H25F3N6OS/c20-19(21,22)15-11-24-18(30-15)27-17-9-13(12-28-4-6-29-7-5-28)8-16(26-17)25-14-2-1-3-23-10-14/h8-9,11,14,23H,1-7,10,12H2,(H2,24,25,26,27). The van der Waals surface area contributed by atoms with Crippen LogP contribution in [-0.4, -0.2) is 60.3 Å². The second-order valence-corrected chi connectivity index (χ2v) is 8.51. The average molecular weight is 443 g/mol. The first-order valence-electron chi connectivity index (χ1n) is 10.0. The van der Waals surface area contributed by atoms with Gasteiger partial charge in [0, 0.05) is 32.2 Å². The van der Waals surface area contributed by atoms with E-state index in [1.165, 1.54) is 0 Å². The third-order valence-corrected chi connectivity index (χ3v) is 6.02.